The van der Waals surface area contributed by atoms with Crippen LogP contribution < -0.4 is 5.73 Å². The molecule has 14 heavy (non-hydrogen) atoms. The lowest BCUT2D eigenvalue weighted by atomic mass is 9.98. The Morgan fingerprint density at radius 3 is 2.93 bits per heavy atom. The van der Waals surface area contributed by atoms with Gasteiger partial charge in [0.05, 0.1) is 18.3 Å². The molecule has 1 aromatic rings. The van der Waals surface area contributed by atoms with Crippen molar-refractivity contribution in [3.63, 3.8) is 0 Å². The van der Waals surface area contributed by atoms with E-state index in [2.05, 4.69) is 18.8 Å². The van der Waals surface area contributed by atoms with E-state index in [1.807, 2.05) is 5.38 Å². The van der Waals surface area contributed by atoms with Crippen molar-refractivity contribution < 1.29 is 4.74 Å². The van der Waals surface area contributed by atoms with Crippen molar-refractivity contribution in [1.82, 2.24) is 4.98 Å². The number of methoxy groups -OCH3 is 1. The molecular weight excluding hydrogens is 196 g/mol. The predicted molar refractivity (Wildman–Crippen MR) is 59.2 cm³/mol. The fourth-order valence-electron chi connectivity index (χ4n) is 1.21. The van der Waals surface area contributed by atoms with Crippen molar-refractivity contribution in [1.29, 1.82) is 0 Å². The summed E-state index contributed by atoms with van der Waals surface area (Å²) in [6.45, 7) is 4.88. The quantitative estimate of drug-likeness (QED) is 0.818. The van der Waals surface area contributed by atoms with Crippen LogP contribution in [0.3, 0.4) is 0 Å². The molecule has 0 saturated heterocycles. The summed E-state index contributed by atoms with van der Waals surface area (Å²) < 4.78 is 5.01. The number of nitrogens with zero attached hydrogens (tertiary/aromatic N) is 1. The lowest BCUT2D eigenvalue weighted by Gasteiger charge is -2.15. The first kappa shape index (κ1) is 11.6. The highest BCUT2D eigenvalue weighted by Crippen LogP contribution is 2.23. The number of rotatable bonds is 5. The van der Waals surface area contributed by atoms with E-state index in [9.17, 15) is 0 Å². The van der Waals surface area contributed by atoms with E-state index in [-0.39, 0.29) is 6.04 Å². The zero-order valence-corrected chi connectivity index (χ0v) is 9.80. The average Bonchev–Trinajstić information content (AvgIpc) is 2.64. The molecule has 1 aromatic heterocycles. The first-order chi connectivity index (χ1) is 6.69. The molecule has 1 rings (SSSR count). The second kappa shape index (κ2) is 5.44. The highest BCUT2D eigenvalue weighted by atomic mass is 32.1. The minimum absolute atomic E-state index is 0.0573. The molecule has 2 unspecified atom stereocenters. The maximum absolute atomic E-state index is 6.06. The largest absolute Gasteiger partial charge is 0.378 e. The van der Waals surface area contributed by atoms with E-state index in [1.165, 1.54) is 0 Å². The summed E-state index contributed by atoms with van der Waals surface area (Å²) in [4.78, 5) is 4.44. The topological polar surface area (TPSA) is 48.1 Å². The monoisotopic (exact) mass is 214 g/mol. The molecule has 1 heterocycles. The Hall–Kier alpha value is -0.450. The SMILES string of the molecule is CCC(C)C(N)c1csc(COC)n1. The third-order valence-electron chi connectivity index (χ3n) is 2.44. The summed E-state index contributed by atoms with van der Waals surface area (Å²) in [6.07, 6.45) is 1.08. The van der Waals surface area contributed by atoms with Crippen molar-refractivity contribution in [2.45, 2.75) is 32.9 Å². The normalized spacial score (nSPS) is 15.4. The van der Waals surface area contributed by atoms with Gasteiger partial charge in [0, 0.05) is 12.5 Å². The molecule has 2 N–H and O–H groups in total. The minimum atomic E-state index is 0.0573. The van der Waals surface area contributed by atoms with Gasteiger partial charge in [-0.25, -0.2) is 4.98 Å². The number of ether oxygens (including phenoxy) is 1. The molecule has 0 radical (unpaired) electrons. The molecule has 0 spiro atoms. The van der Waals surface area contributed by atoms with Crippen LogP contribution in [0.4, 0.5) is 0 Å². The molecule has 0 fully saturated rings. The Morgan fingerprint density at radius 2 is 2.36 bits per heavy atom. The van der Waals surface area contributed by atoms with E-state index in [1.54, 1.807) is 18.4 Å². The standard InChI is InChI=1S/C10H18N2OS/c1-4-7(2)10(11)8-6-14-9(12-8)5-13-3/h6-7,10H,4-5,11H2,1-3H3. The van der Waals surface area contributed by atoms with E-state index in [0.717, 1.165) is 17.1 Å². The number of nitrogens with two attached hydrogens (primary N) is 1. The molecule has 0 aliphatic heterocycles. The van der Waals surface area contributed by atoms with E-state index >= 15 is 0 Å². The summed E-state index contributed by atoms with van der Waals surface area (Å²) in [5.74, 6) is 0.479. The van der Waals surface area contributed by atoms with Gasteiger partial charge in [0.25, 0.3) is 0 Å². The zero-order valence-electron chi connectivity index (χ0n) is 8.99. The average molecular weight is 214 g/mol. The van der Waals surface area contributed by atoms with Crippen molar-refractivity contribution in [3.8, 4) is 0 Å². The molecule has 0 aliphatic rings. The zero-order chi connectivity index (χ0) is 10.6. The highest BCUT2D eigenvalue weighted by molar-refractivity contribution is 7.09. The van der Waals surface area contributed by atoms with Gasteiger partial charge in [-0.2, -0.15) is 0 Å². The maximum atomic E-state index is 6.06. The molecule has 0 bridgehead atoms. The molecule has 4 heteroatoms. The maximum Gasteiger partial charge on any atom is 0.119 e. The van der Waals surface area contributed by atoms with Gasteiger partial charge < -0.3 is 10.5 Å². The number of thiazole rings is 1. The van der Waals surface area contributed by atoms with Gasteiger partial charge in [0.15, 0.2) is 0 Å². The molecule has 0 aliphatic carbocycles. The van der Waals surface area contributed by atoms with Crippen LogP contribution in [0.2, 0.25) is 0 Å². The van der Waals surface area contributed by atoms with Crippen LogP contribution in [-0.2, 0) is 11.3 Å². The summed E-state index contributed by atoms with van der Waals surface area (Å²) in [6, 6.07) is 0.0573. The van der Waals surface area contributed by atoms with Crippen LogP contribution in [-0.4, -0.2) is 12.1 Å². The van der Waals surface area contributed by atoms with Gasteiger partial charge in [-0.3, -0.25) is 0 Å². The first-order valence-electron chi connectivity index (χ1n) is 4.87. The number of aromatic nitrogens is 1. The summed E-state index contributed by atoms with van der Waals surface area (Å²) >= 11 is 1.61. The lowest BCUT2D eigenvalue weighted by molar-refractivity contribution is 0.184. The Morgan fingerprint density at radius 1 is 1.64 bits per heavy atom. The Labute approximate surface area is 89.3 Å². The van der Waals surface area contributed by atoms with Crippen LogP contribution in [0.1, 0.15) is 37.0 Å². The van der Waals surface area contributed by atoms with Crippen LogP contribution in [0, 0.1) is 5.92 Å². The van der Waals surface area contributed by atoms with Crippen LogP contribution in [0.25, 0.3) is 0 Å². The fraction of sp³-hybridized carbons (Fsp3) is 0.700. The van der Waals surface area contributed by atoms with E-state index < -0.39 is 0 Å². The molecule has 0 saturated carbocycles. The minimum Gasteiger partial charge on any atom is -0.378 e. The Kier molecular flexibility index (Phi) is 4.51. The Balaban J connectivity index is 2.65. The lowest BCUT2D eigenvalue weighted by Crippen LogP contribution is -2.18. The molecule has 80 valence electrons. The number of hydrogen-bond acceptors (Lipinski definition) is 4. The van der Waals surface area contributed by atoms with Gasteiger partial charge in [0.1, 0.15) is 5.01 Å². The van der Waals surface area contributed by atoms with E-state index in [0.29, 0.717) is 12.5 Å². The predicted octanol–water partition coefficient (Wildman–Crippen LogP) is 2.34. The summed E-state index contributed by atoms with van der Waals surface area (Å²) in [5.41, 5.74) is 7.06. The molecule has 3 nitrogen and oxygen atoms in total. The van der Waals surface area contributed by atoms with Gasteiger partial charge >= 0.3 is 0 Å². The summed E-state index contributed by atoms with van der Waals surface area (Å²) in [7, 11) is 1.68. The van der Waals surface area contributed by atoms with Crippen LogP contribution in [0.15, 0.2) is 5.38 Å². The van der Waals surface area contributed by atoms with Crippen molar-refractivity contribution in [2.75, 3.05) is 7.11 Å². The second-order valence-electron chi connectivity index (χ2n) is 3.51. The van der Waals surface area contributed by atoms with Gasteiger partial charge in [-0.15, -0.1) is 11.3 Å². The van der Waals surface area contributed by atoms with Crippen molar-refractivity contribution >= 4 is 11.3 Å². The van der Waals surface area contributed by atoms with E-state index in [4.69, 9.17) is 10.5 Å². The molecule has 0 aromatic carbocycles. The van der Waals surface area contributed by atoms with Gasteiger partial charge in [-0.1, -0.05) is 20.3 Å². The molecule has 0 amide bonds. The Bertz CT molecular complexity index is 275. The van der Waals surface area contributed by atoms with Crippen LogP contribution >= 0.6 is 11.3 Å². The van der Waals surface area contributed by atoms with Gasteiger partial charge in [0.2, 0.25) is 0 Å². The summed E-state index contributed by atoms with van der Waals surface area (Å²) in [5, 5.41) is 3.03. The van der Waals surface area contributed by atoms with Gasteiger partial charge in [-0.05, 0) is 5.92 Å². The third-order valence-corrected chi connectivity index (χ3v) is 3.28. The van der Waals surface area contributed by atoms with Crippen LogP contribution in [0.5, 0.6) is 0 Å². The first-order valence-corrected chi connectivity index (χ1v) is 5.75. The van der Waals surface area contributed by atoms with Crippen molar-refractivity contribution in [3.05, 3.63) is 16.1 Å². The highest BCUT2D eigenvalue weighted by Gasteiger charge is 2.15. The van der Waals surface area contributed by atoms with Crippen molar-refractivity contribution in [2.24, 2.45) is 11.7 Å². The second-order valence-corrected chi connectivity index (χ2v) is 4.45. The number of hydrogen-bond donors (Lipinski definition) is 1. The fourth-order valence-corrected chi connectivity index (χ4v) is 2.02. The molecule has 2 atom stereocenters. The smallest absolute Gasteiger partial charge is 0.119 e. The third kappa shape index (κ3) is 2.77. The molecular formula is C10H18N2OS.